The molecule has 0 heterocycles. The van der Waals surface area contributed by atoms with Crippen molar-refractivity contribution >= 4 is 34.0 Å². The van der Waals surface area contributed by atoms with Gasteiger partial charge in [-0.3, -0.25) is 9.59 Å². The summed E-state index contributed by atoms with van der Waals surface area (Å²) in [5.41, 5.74) is 3.42. The van der Waals surface area contributed by atoms with Crippen LogP contribution in [0.4, 0.5) is 0 Å². The molecular formula is C22H22BrN3O4. The number of nitrogens with one attached hydrogen (secondary N) is 2. The molecule has 0 spiro atoms. The maximum atomic E-state index is 12.1. The van der Waals surface area contributed by atoms with Crippen molar-refractivity contribution in [3.63, 3.8) is 0 Å². The molecule has 30 heavy (non-hydrogen) atoms. The smallest absolute Gasteiger partial charge is 0.259 e. The second-order valence-electron chi connectivity index (χ2n) is 6.02. The van der Waals surface area contributed by atoms with Gasteiger partial charge in [0.05, 0.1) is 19.4 Å². The third-order valence-corrected chi connectivity index (χ3v) is 4.17. The van der Waals surface area contributed by atoms with E-state index in [9.17, 15) is 9.59 Å². The van der Waals surface area contributed by atoms with Crippen molar-refractivity contribution in [2.75, 3.05) is 19.8 Å². The van der Waals surface area contributed by atoms with Gasteiger partial charge in [-0.15, -0.1) is 6.42 Å². The number of halogens is 1. The molecule has 0 bridgehead atoms. The predicted octanol–water partition coefficient (Wildman–Crippen LogP) is 3.13. The molecule has 0 aliphatic heterocycles. The summed E-state index contributed by atoms with van der Waals surface area (Å²) in [7, 11) is 0. The van der Waals surface area contributed by atoms with Gasteiger partial charge in [0.25, 0.3) is 11.8 Å². The highest BCUT2D eigenvalue weighted by Gasteiger charge is 2.08. The van der Waals surface area contributed by atoms with E-state index < -0.39 is 5.91 Å². The summed E-state index contributed by atoms with van der Waals surface area (Å²) in [6.07, 6.45) is 7.55. The fourth-order valence-corrected chi connectivity index (χ4v) is 2.65. The fourth-order valence-electron chi connectivity index (χ4n) is 2.27. The molecule has 0 aromatic heterocycles. The molecular weight excluding hydrogens is 450 g/mol. The number of hydrogen-bond acceptors (Lipinski definition) is 5. The molecule has 2 amide bonds. The van der Waals surface area contributed by atoms with E-state index in [0.29, 0.717) is 29.2 Å². The molecule has 0 aliphatic rings. The number of benzene rings is 2. The Morgan fingerprint density at radius 2 is 1.97 bits per heavy atom. The molecule has 7 nitrogen and oxygen atoms in total. The van der Waals surface area contributed by atoms with Gasteiger partial charge in [0.1, 0.15) is 18.1 Å². The Hall–Kier alpha value is -3.31. The van der Waals surface area contributed by atoms with Crippen LogP contribution in [0.15, 0.2) is 52.0 Å². The predicted molar refractivity (Wildman–Crippen MR) is 119 cm³/mol. The third-order valence-electron chi connectivity index (χ3n) is 3.67. The number of hydrogen-bond donors (Lipinski definition) is 2. The van der Waals surface area contributed by atoms with Crippen molar-refractivity contribution in [2.24, 2.45) is 5.10 Å². The lowest BCUT2D eigenvalue weighted by Crippen LogP contribution is -2.34. The molecule has 0 unspecified atom stereocenters. The molecule has 0 radical (unpaired) electrons. The minimum atomic E-state index is -0.469. The summed E-state index contributed by atoms with van der Waals surface area (Å²) < 4.78 is 11.7. The zero-order valence-corrected chi connectivity index (χ0v) is 18.1. The van der Waals surface area contributed by atoms with Crippen LogP contribution in [0.2, 0.25) is 0 Å². The largest absolute Gasteiger partial charge is 0.494 e. The van der Waals surface area contributed by atoms with Gasteiger partial charge < -0.3 is 14.8 Å². The zero-order chi connectivity index (χ0) is 21.8. The van der Waals surface area contributed by atoms with Crippen LogP contribution in [-0.4, -0.2) is 37.8 Å². The monoisotopic (exact) mass is 471 g/mol. The first-order chi connectivity index (χ1) is 14.5. The summed E-state index contributed by atoms with van der Waals surface area (Å²) in [6, 6.07) is 12.0. The first kappa shape index (κ1) is 23.0. The molecule has 0 atom stereocenters. The number of carbonyl (C=O) groups excluding carboxylic acids is 2. The van der Waals surface area contributed by atoms with E-state index in [-0.39, 0.29) is 19.1 Å². The summed E-state index contributed by atoms with van der Waals surface area (Å²) in [6.45, 7) is 2.53. The molecule has 0 aliphatic carbocycles. The highest BCUT2D eigenvalue weighted by Crippen LogP contribution is 2.21. The molecule has 0 saturated heterocycles. The standard InChI is InChI=1S/C22H22BrN3O4/c1-3-11-29-19-8-5-16(6-9-19)22(28)24-15-21(27)26-25-14-17-13-18(23)7-10-20(17)30-12-4-2/h2,5-10,13-14H,3,11-12,15H2,1H3,(H,24,28)(H,26,27)/b25-14-. The highest BCUT2D eigenvalue weighted by atomic mass is 79.9. The number of rotatable bonds is 10. The Morgan fingerprint density at radius 3 is 2.67 bits per heavy atom. The number of ether oxygens (including phenoxy) is 2. The number of terminal acetylenes is 1. The lowest BCUT2D eigenvalue weighted by atomic mass is 10.2. The summed E-state index contributed by atoms with van der Waals surface area (Å²) in [5, 5.41) is 6.44. The van der Waals surface area contributed by atoms with Crippen LogP contribution in [0.25, 0.3) is 0 Å². The van der Waals surface area contributed by atoms with Crippen molar-refractivity contribution in [2.45, 2.75) is 13.3 Å². The van der Waals surface area contributed by atoms with Gasteiger partial charge in [-0.2, -0.15) is 5.10 Å². The van der Waals surface area contributed by atoms with Gasteiger partial charge in [-0.25, -0.2) is 5.43 Å². The lowest BCUT2D eigenvalue weighted by molar-refractivity contribution is -0.120. The average Bonchev–Trinajstić information content (AvgIpc) is 2.76. The minimum absolute atomic E-state index is 0.118. The van der Waals surface area contributed by atoms with E-state index in [2.05, 4.69) is 37.7 Å². The Kier molecular flexibility index (Phi) is 9.42. The van der Waals surface area contributed by atoms with Gasteiger partial charge in [-0.1, -0.05) is 28.8 Å². The Bertz CT molecular complexity index is 936. The molecule has 156 valence electrons. The fraction of sp³-hybridized carbons (Fsp3) is 0.227. The van der Waals surface area contributed by atoms with Crippen molar-refractivity contribution in [1.82, 2.24) is 10.7 Å². The van der Waals surface area contributed by atoms with E-state index in [1.54, 1.807) is 42.5 Å². The van der Waals surface area contributed by atoms with E-state index in [0.717, 1.165) is 10.9 Å². The van der Waals surface area contributed by atoms with Gasteiger partial charge in [0.2, 0.25) is 0 Å². The first-order valence-corrected chi connectivity index (χ1v) is 10.0. The van der Waals surface area contributed by atoms with E-state index in [1.807, 2.05) is 6.92 Å². The van der Waals surface area contributed by atoms with Crippen LogP contribution in [-0.2, 0) is 4.79 Å². The van der Waals surface area contributed by atoms with Crippen LogP contribution < -0.4 is 20.2 Å². The van der Waals surface area contributed by atoms with Gasteiger partial charge in [0.15, 0.2) is 0 Å². The van der Waals surface area contributed by atoms with Crippen LogP contribution in [0.5, 0.6) is 11.5 Å². The Labute approximate surface area is 184 Å². The third kappa shape index (κ3) is 7.60. The highest BCUT2D eigenvalue weighted by molar-refractivity contribution is 9.10. The number of carbonyl (C=O) groups is 2. The Balaban J connectivity index is 1.84. The molecule has 0 saturated carbocycles. The summed E-state index contributed by atoms with van der Waals surface area (Å²) in [5.74, 6) is 2.78. The van der Waals surface area contributed by atoms with Gasteiger partial charge in [0, 0.05) is 15.6 Å². The molecule has 2 rings (SSSR count). The minimum Gasteiger partial charge on any atom is -0.494 e. The second kappa shape index (κ2) is 12.3. The summed E-state index contributed by atoms with van der Waals surface area (Å²) in [4.78, 5) is 24.1. The molecule has 2 N–H and O–H groups in total. The quantitative estimate of drug-likeness (QED) is 0.316. The van der Waals surface area contributed by atoms with Crippen LogP contribution >= 0.6 is 15.9 Å². The SMILES string of the molecule is C#CCOc1ccc(Br)cc1/C=N\NC(=O)CNC(=O)c1ccc(OCCC)cc1. The lowest BCUT2D eigenvalue weighted by Gasteiger charge is -2.07. The van der Waals surface area contributed by atoms with Crippen molar-refractivity contribution in [1.29, 1.82) is 0 Å². The first-order valence-electron chi connectivity index (χ1n) is 9.22. The normalized spacial score (nSPS) is 10.3. The zero-order valence-electron chi connectivity index (χ0n) is 16.5. The van der Waals surface area contributed by atoms with Gasteiger partial charge in [-0.05, 0) is 48.9 Å². The van der Waals surface area contributed by atoms with Gasteiger partial charge >= 0.3 is 0 Å². The maximum absolute atomic E-state index is 12.1. The van der Waals surface area contributed by atoms with Crippen LogP contribution in [0, 0.1) is 12.3 Å². The van der Waals surface area contributed by atoms with Crippen molar-refractivity contribution < 1.29 is 19.1 Å². The number of hydrazone groups is 1. The van der Waals surface area contributed by atoms with E-state index in [4.69, 9.17) is 15.9 Å². The van der Waals surface area contributed by atoms with E-state index >= 15 is 0 Å². The molecule has 2 aromatic carbocycles. The van der Waals surface area contributed by atoms with Crippen LogP contribution in [0.1, 0.15) is 29.3 Å². The second-order valence-corrected chi connectivity index (χ2v) is 6.94. The molecule has 8 heteroatoms. The summed E-state index contributed by atoms with van der Waals surface area (Å²) >= 11 is 3.36. The van der Waals surface area contributed by atoms with E-state index in [1.165, 1.54) is 6.21 Å². The van der Waals surface area contributed by atoms with Crippen molar-refractivity contribution in [3.8, 4) is 23.8 Å². The Morgan fingerprint density at radius 1 is 1.20 bits per heavy atom. The number of amides is 2. The molecule has 0 fully saturated rings. The maximum Gasteiger partial charge on any atom is 0.259 e. The topological polar surface area (TPSA) is 89.0 Å². The molecule has 2 aromatic rings. The van der Waals surface area contributed by atoms with Crippen molar-refractivity contribution in [3.05, 3.63) is 58.1 Å². The average molecular weight is 472 g/mol. The van der Waals surface area contributed by atoms with Crippen LogP contribution in [0.3, 0.4) is 0 Å². The number of nitrogens with zero attached hydrogens (tertiary/aromatic N) is 1.